The molecule has 0 radical (unpaired) electrons. The highest BCUT2D eigenvalue weighted by Gasteiger charge is 2.34. The smallest absolute Gasteiger partial charge is 0.341 e. The topological polar surface area (TPSA) is 94.5 Å². The molecule has 1 N–H and O–H groups in total. The van der Waals surface area contributed by atoms with Crippen LogP contribution >= 0.6 is 11.6 Å². The van der Waals surface area contributed by atoms with E-state index in [1.54, 1.807) is 30.3 Å². The number of hydrogen-bond donors (Lipinski definition) is 1. The van der Waals surface area contributed by atoms with Crippen molar-refractivity contribution in [3.63, 3.8) is 0 Å². The summed E-state index contributed by atoms with van der Waals surface area (Å²) in [5, 5.41) is 0.381. The quantitative estimate of drug-likeness (QED) is 0.579. The first-order valence-electron chi connectivity index (χ1n) is 9.26. The number of methoxy groups -OCH3 is 1. The number of sulfone groups is 1. The molecule has 0 saturated heterocycles. The number of carbonyl (C=O) groups is 2. The third-order valence-corrected chi connectivity index (χ3v) is 7.04. The van der Waals surface area contributed by atoms with Crippen LogP contribution in [0.1, 0.15) is 37.7 Å². The molecule has 1 heterocycles. The van der Waals surface area contributed by atoms with Crippen LogP contribution in [0.2, 0.25) is 5.02 Å². The van der Waals surface area contributed by atoms with E-state index in [4.69, 9.17) is 16.3 Å². The van der Waals surface area contributed by atoms with Crippen LogP contribution in [0.3, 0.4) is 0 Å². The summed E-state index contributed by atoms with van der Waals surface area (Å²) in [5.41, 5.74) is 4.09. The number of nitrogens with zero attached hydrogens (tertiary/aromatic N) is 1. The number of nitrogens with one attached hydrogen (secondary N) is 1. The van der Waals surface area contributed by atoms with Crippen LogP contribution < -0.4 is 5.43 Å². The predicted molar refractivity (Wildman–Crippen MR) is 117 cm³/mol. The Balaban J connectivity index is 2.17. The fourth-order valence-electron chi connectivity index (χ4n) is 3.28. The van der Waals surface area contributed by atoms with Crippen LogP contribution in [0.25, 0.3) is 0 Å². The normalized spacial score (nSPS) is 11.3. The molecule has 1 amide bonds. The molecule has 0 bridgehead atoms. The van der Waals surface area contributed by atoms with Gasteiger partial charge in [0.25, 0.3) is 5.91 Å². The number of halogens is 1. The van der Waals surface area contributed by atoms with Gasteiger partial charge in [0.1, 0.15) is 10.5 Å². The molecule has 0 saturated carbocycles. The Morgan fingerprint density at radius 1 is 1.00 bits per heavy atom. The second kappa shape index (κ2) is 8.56. The molecule has 0 aliphatic rings. The number of ether oxygens (including phenoxy) is 1. The third kappa shape index (κ3) is 4.22. The number of hydrogen-bond acceptors (Lipinski definition) is 5. The highest BCUT2D eigenvalue weighted by molar-refractivity contribution is 7.91. The minimum absolute atomic E-state index is 0.0321. The van der Waals surface area contributed by atoms with Gasteiger partial charge in [-0.3, -0.25) is 14.9 Å². The molecule has 0 aliphatic carbocycles. The van der Waals surface area contributed by atoms with E-state index in [0.29, 0.717) is 5.02 Å². The molecule has 7 nitrogen and oxygen atoms in total. The minimum atomic E-state index is -4.08. The van der Waals surface area contributed by atoms with Gasteiger partial charge in [-0.2, -0.15) is 0 Å². The van der Waals surface area contributed by atoms with Crippen molar-refractivity contribution < 1.29 is 22.7 Å². The van der Waals surface area contributed by atoms with Crippen molar-refractivity contribution in [3.05, 3.63) is 81.6 Å². The van der Waals surface area contributed by atoms with Crippen LogP contribution in [-0.4, -0.2) is 32.1 Å². The molecular formula is C22H21ClN2O5S. The Morgan fingerprint density at radius 3 is 2.23 bits per heavy atom. The van der Waals surface area contributed by atoms with Crippen LogP contribution in [0.4, 0.5) is 0 Å². The van der Waals surface area contributed by atoms with Gasteiger partial charge in [0, 0.05) is 10.6 Å². The van der Waals surface area contributed by atoms with Crippen LogP contribution in [0.15, 0.2) is 58.3 Å². The van der Waals surface area contributed by atoms with E-state index in [9.17, 15) is 18.0 Å². The number of aromatic nitrogens is 1. The van der Waals surface area contributed by atoms with Gasteiger partial charge in [-0.25, -0.2) is 13.2 Å². The summed E-state index contributed by atoms with van der Waals surface area (Å²) >= 11 is 5.96. The van der Waals surface area contributed by atoms with Gasteiger partial charge in [-0.05, 0) is 51.1 Å². The largest absolute Gasteiger partial charge is 0.465 e. The van der Waals surface area contributed by atoms with Crippen molar-refractivity contribution in [3.8, 4) is 0 Å². The molecule has 31 heavy (non-hydrogen) atoms. The number of esters is 1. The highest BCUT2D eigenvalue weighted by atomic mass is 35.5. The summed E-state index contributed by atoms with van der Waals surface area (Å²) in [7, 11) is -2.91. The number of rotatable bonds is 5. The second-order valence-corrected chi connectivity index (χ2v) is 9.29. The Labute approximate surface area is 185 Å². The van der Waals surface area contributed by atoms with Gasteiger partial charge in [-0.1, -0.05) is 35.4 Å². The lowest BCUT2D eigenvalue weighted by Crippen LogP contribution is -2.25. The van der Waals surface area contributed by atoms with E-state index in [-0.39, 0.29) is 32.3 Å². The standard InChI is InChI=1S/C22H21ClN2O5S/c1-13-8-10-18(11-9-13)31(28,29)20-15(3)25(14(2)19(20)22(27)30-4)24-21(26)16-6-5-7-17(23)12-16/h5-12H,1-4H3,(H,24,26). The first-order valence-corrected chi connectivity index (χ1v) is 11.1. The number of amides is 1. The summed E-state index contributed by atoms with van der Waals surface area (Å²) in [6.45, 7) is 4.89. The van der Waals surface area contributed by atoms with E-state index < -0.39 is 21.7 Å². The first kappa shape index (κ1) is 22.6. The van der Waals surface area contributed by atoms with E-state index in [2.05, 4.69) is 5.43 Å². The molecule has 0 aliphatic heterocycles. The van der Waals surface area contributed by atoms with Crippen molar-refractivity contribution in [2.45, 2.75) is 30.6 Å². The summed E-state index contributed by atoms with van der Waals surface area (Å²) in [6, 6.07) is 12.6. The zero-order valence-electron chi connectivity index (χ0n) is 17.4. The zero-order chi connectivity index (χ0) is 22.9. The molecule has 3 aromatic rings. The number of benzene rings is 2. The average molecular weight is 461 g/mol. The third-order valence-electron chi connectivity index (χ3n) is 4.88. The monoisotopic (exact) mass is 460 g/mol. The molecule has 3 rings (SSSR count). The summed E-state index contributed by atoms with van der Waals surface area (Å²) < 4.78 is 33.0. The molecule has 0 spiro atoms. The lowest BCUT2D eigenvalue weighted by molar-refractivity contribution is 0.0595. The summed E-state index contributed by atoms with van der Waals surface area (Å²) in [5.74, 6) is -1.33. The Hall–Kier alpha value is -3.10. The Morgan fingerprint density at radius 2 is 1.65 bits per heavy atom. The van der Waals surface area contributed by atoms with Gasteiger partial charge in [0.05, 0.1) is 23.4 Å². The van der Waals surface area contributed by atoms with Crippen molar-refractivity contribution in [2.24, 2.45) is 0 Å². The van der Waals surface area contributed by atoms with Crippen LogP contribution in [-0.2, 0) is 14.6 Å². The van der Waals surface area contributed by atoms with Crippen LogP contribution in [0, 0.1) is 20.8 Å². The maximum absolute atomic E-state index is 13.4. The Kier molecular flexibility index (Phi) is 6.24. The average Bonchev–Trinajstić information content (AvgIpc) is 2.98. The lowest BCUT2D eigenvalue weighted by atomic mass is 10.2. The molecule has 1 aromatic heterocycles. The summed E-state index contributed by atoms with van der Waals surface area (Å²) in [4.78, 5) is 25.1. The fraction of sp³-hybridized carbons (Fsp3) is 0.182. The molecule has 0 atom stereocenters. The SMILES string of the molecule is COC(=O)c1c(S(=O)(=O)c2ccc(C)cc2)c(C)n(NC(=O)c2cccc(Cl)c2)c1C. The van der Waals surface area contributed by atoms with Gasteiger partial charge in [0.15, 0.2) is 0 Å². The van der Waals surface area contributed by atoms with E-state index in [0.717, 1.165) is 5.56 Å². The molecule has 162 valence electrons. The lowest BCUT2D eigenvalue weighted by Gasteiger charge is -2.12. The predicted octanol–water partition coefficient (Wildman–Crippen LogP) is 4.07. The number of aryl methyl sites for hydroxylation is 1. The molecule has 0 fully saturated rings. The van der Waals surface area contributed by atoms with Crippen LogP contribution in [0.5, 0.6) is 0 Å². The molecule has 2 aromatic carbocycles. The first-order chi connectivity index (χ1) is 14.6. The van der Waals surface area contributed by atoms with Gasteiger partial charge < -0.3 is 4.74 Å². The van der Waals surface area contributed by atoms with Gasteiger partial charge >= 0.3 is 5.97 Å². The molecule has 0 unspecified atom stereocenters. The van der Waals surface area contributed by atoms with Crippen molar-refractivity contribution in [2.75, 3.05) is 12.5 Å². The Bertz CT molecular complexity index is 1280. The highest BCUT2D eigenvalue weighted by Crippen LogP contribution is 2.32. The minimum Gasteiger partial charge on any atom is -0.465 e. The maximum atomic E-state index is 13.4. The van der Waals surface area contributed by atoms with E-state index in [1.807, 2.05) is 6.92 Å². The van der Waals surface area contributed by atoms with E-state index in [1.165, 1.54) is 43.8 Å². The second-order valence-electron chi connectivity index (χ2n) is 6.97. The maximum Gasteiger partial charge on any atom is 0.341 e. The van der Waals surface area contributed by atoms with E-state index >= 15 is 0 Å². The number of carbonyl (C=O) groups excluding carboxylic acids is 2. The van der Waals surface area contributed by atoms with Crippen molar-refractivity contribution in [1.82, 2.24) is 4.68 Å². The van der Waals surface area contributed by atoms with Crippen molar-refractivity contribution in [1.29, 1.82) is 0 Å². The van der Waals surface area contributed by atoms with Crippen molar-refractivity contribution >= 4 is 33.3 Å². The summed E-state index contributed by atoms with van der Waals surface area (Å²) in [6.07, 6.45) is 0. The fourth-order valence-corrected chi connectivity index (χ4v) is 5.18. The molecular weight excluding hydrogens is 440 g/mol. The van der Waals surface area contributed by atoms with Gasteiger partial charge in [-0.15, -0.1) is 0 Å². The van der Waals surface area contributed by atoms with Gasteiger partial charge in [0.2, 0.25) is 9.84 Å². The molecule has 9 heteroatoms. The zero-order valence-corrected chi connectivity index (χ0v) is 19.0.